The van der Waals surface area contributed by atoms with Gasteiger partial charge in [0.2, 0.25) is 5.91 Å². The average Bonchev–Trinajstić information content (AvgIpc) is 3.50. The van der Waals surface area contributed by atoms with Gasteiger partial charge in [-0.3, -0.25) is 19.2 Å². The number of benzene rings is 1. The van der Waals surface area contributed by atoms with Gasteiger partial charge in [-0.05, 0) is 49.9 Å². The number of hydrogen-bond acceptors (Lipinski definition) is 5. The second-order valence-corrected chi connectivity index (χ2v) is 9.60. The number of carbonyl (C=O) groups is 2. The van der Waals surface area contributed by atoms with Crippen molar-refractivity contribution in [2.24, 2.45) is 0 Å². The van der Waals surface area contributed by atoms with Gasteiger partial charge < -0.3 is 15.7 Å². The van der Waals surface area contributed by atoms with Crippen LogP contribution in [0.2, 0.25) is 0 Å². The first-order valence-corrected chi connectivity index (χ1v) is 12.1. The van der Waals surface area contributed by atoms with E-state index in [1.807, 2.05) is 4.90 Å². The van der Waals surface area contributed by atoms with Crippen LogP contribution < -0.4 is 10.6 Å². The number of aliphatic hydroxyl groups excluding tert-OH is 1. The summed E-state index contributed by atoms with van der Waals surface area (Å²) in [6, 6.07) is 4.13. The molecule has 14 heteroatoms. The molecule has 2 fully saturated rings. The van der Waals surface area contributed by atoms with Crippen molar-refractivity contribution in [2.75, 3.05) is 19.6 Å². The van der Waals surface area contributed by atoms with Crippen molar-refractivity contribution in [2.45, 2.75) is 62.3 Å². The highest BCUT2D eigenvalue weighted by Gasteiger charge is 2.38. The number of alkyl halides is 6. The number of nitrogens with zero attached hydrogens (tertiary/aromatic N) is 3. The van der Waals surface area contributed by atoms with Crippen LogP contribution in [0, 0.1) is 0 Å². The van der Waals surface area contributed by atoms with Crippen molar-refractivity contribution in [3.63, 3.8) is 0 Å². The number of amides is 2. The zero-order valence-electron chi connectivity index (χ0n) is 20.1. The summed E-state index contributed by atoms with van der Waals surface area (Å²) in [6.45, 7) is 0.174. The van der Waals surface area contributed by atoms with E-state index in [1.165, 1.54) is 16.9 Å². The highest BCUT2D eigenvalue weighted by atomic mass is 19.4. The van der Waals surface area contributed by atoms with E-state index in [0.29, 0.717) is 44.8 Å². The van der Waals surface area contributed by atoms with E-state index in [-0.39, 0.29) is 17.6 Å². The smallest absolute Gasteiger partial charge is 0.390 e. The predicted molar refractivity (Wildman–Crippen MR) is 122 cm³/mol. The number of nitrogens with one attached hydrogen (secondary N) is 2. The number of halogens is 6. The molecule has 3 N–H and O–H groups in total. The SMILES string of the molecule is O=C(CNC(=O)c1cccc(C(F)(F)F)c1)N[C@H]1CN(C2CCC(n3ccc(C(F)(F)F)n3)CC2)C[C@H]1O. The summed E-state index contributed by atoms with van der Waals surface area (Å²) in [4.78, 5) is 26.6. The monoisotopic (exact) mass is 547 g/mol. The van der Waals surface area contributed by atoms with Gasteiger partial charge >= 0.3 is 12.4 Å². The number of aromatic nitrogens is 2. The molecule has 8 nitrogen and oxygen atoms in total. The van der Waals surface area contributed by atoms with Crippen molar-refractivity contribution >= 4 is 11.8 Å². The number of rotatable bonds is 6. The second-order valence-electron chi connectivity index (χ2n) is 9.60. The van der Waals surface area contributed by atoms with E-state index in [1.54, 1.807) is 0 Å². The maximum atomic E-state index is 12.8. The van der Waals surface area contributed by atoms with Crippen LogP contribution in [0.3, 0.4) is 0 Å². The Labute approximate surface area is 214 Å². The van der Waals surface area contributed by atoms with E-state index in [4.69, 9.17) is 0 Å². The molecule has 2 aromatic rings. The standard InChI is InChI=1S/C24H27F6N5O3/c25-23(26,27)15-3-1-2-14(10-15)22(38)31-11-21(37)32-18-12-34(13-19(18)36)16-4-6-17(7-5-16)35-9-8-20(33-35)24(28,29)30/h1-3,8-10,16-19,36H,4-7,11-13H2,(H,31,38)(H,32,37)/t16?,17?,18-,19+/m0/s1. The van der Waals surface area contributed by atoms with E-state index in [0.717, 1.165) is 18.2 Å². The Morgan fingerprint density at radius 3 is 2.29 bits per heavy atom. The molecule has 208 valence electrons. The molecule has 1 saturated carbocycles. The maximum absolute atomic E-state index is 12.8. The van der Waals surface area contributed by atoms with Gasteiger partial charge in [-0.1, -0.05) is 6.07 Å². The summed E-state index contributed by atoms with van der Waals surface area (Å²) < 4.78 is 78.4. The Bertz CT molecular complexity index is 1140. The van der Waals surface area contributed by atoms with Gasteiger partial charge in [-0.2, -0.15) is 31.4 Å². The van der Waals surface area contributed by atoms with E-state index < -0.39 is 54.1 Å². The number of likely N-dealkylation sites (tertiary alicyclic amines) is 1. The van der Waals surface area contributed by atoms with Crippen LogP contribution in [-0.4, -0.2) is 69.4 Å². The molecule has 2 heterocycles. The summed E-state index contributed by atoms with van der Waals surface area (Å²) in [6.07, 6.45) is -6.01. The zero-order valence-corrected chi connectivity index (χ0v) is 20.1. The molecule has 4 rings (SSSR count). The number of carbonyl (C=O) groups excluding carboxylic acids is 2. The summed E-state index contributed by atoms with van der Waals surface area (Å²) in [7, 11) is 0. The van der Waals surface area contributed by atoms with Gasteiger partial charge in [0.1, 0.15) is 0 Å². The average molecular weight is 548 g/mol. The Balaban J connectivity index is 1.23. The fourth-order valence-corrected chi connectivity index (χ4v) is 4.99. The molecule has 0 spiro atoms. The number of aliphatic hydroxyl groups is 1. The molecule has 0 bridgehead atoms. The predicted octanol–water partition coefficient (Wildman–Crippen LogP) is 3.00. The largest absolute Gasteiger partial charge is 0.435 e. The summed E-state index contributed by atoms with van der Waals surface area (Å²) in [5.74, 6) is -1.43. The third-order valence-electron chi connectivity index (χ3n) is 6.98. The van der Waals surface area contributed by atoms with Crippen molar-refractivity contribution in [1.29, 1.82) is 0 Å². The Kier molecular flexibility index (Phi) is 8.02. The van der Waals surface area contributed by atoms with Crippen LogP contribution in [-0.2, 0) is 17.1 Å². The maximum Gasteiger partial charge on any atom is 0.435 e. The molecule has 2 aliphatic rings. The number of β-amino-alcohol motifs (C(OH)–C–C–N with tert-alkyl or cyclic N) is 1. The van der Waals surface area contributed by atoms with Crippen molar-refractivity contribution in [3.8, 4) is 0 Å². The Morgan fingerprint density at radius 1 is 0.974 bits per heavy atom. The molecule has 1 aliphatic heterocycles. The lowest BCUT2D eigenvalue weighted by Crippen LogP contribution is -2.47. The van der Waals surface area contributed by atoms with Gasteiger partial charge in [-0.15, -0.1) is 0 Å². The normalized spacial score (nSPS) is 24.8. The minimum atomic E-state index is -4.60. The fourth-order valence-electron chi connectivity index (χ4n) is 4.99. The van der Waals surface area contributed by atoms with Gasteiger partial charge in [0, 0.05) is 30.9 Å². The first kappa shape index (κ1) is 27.9. The minimum Gasteiger partial charge on any atom is -0.390 e. The van der Waals surface area contributed by atoms with E-state index in [9.17, 15) is 41.0 Å². The van der Waals surface area contributed by atoms with Gasteiger partial charge in [0.15, 0.2) is 5.69 Å². The lowest BCUT2D eigenvalue weighted by molar-refractivity contribution is -0.141. The van der Waals surface area contributed by atoms with Crippen molar-refractivity contribution in [3.05, 3.63) is 53.3 Å². The van der Waals surface area contributed by atoms with E-state index >= 15 is 0 Å². The van der Waals surface area contributed by atoms with Crippen molar-refractivity contribution in [1.82, 2.24) is 25.3 Å². The number of hydrogen-bond donors (Lipinski definition) is 3. The van der Waals surface area contributed by atoms with Crippen LogP contribution in [0.1, 0.15) is 53.3 Å². The zero-order chi connectivity index (χ0) is 27.7. The van der Waals surface area contributed by atoms with Crippen LogP contribution in [0.25, 0.3) is 0 Å². The van der Waals surface area contributed by atoms with Gasteiger partial charge in [0.05, 0.1) is 30.3 Å². The highest BCUT2D eigenvalue weighted by Crippen LogP contribution is 2.34. The molecule has 2 amide bonds. The summed E-state index contributed by atoms with van der Waals surface area (Å²) >= 11 is 0. The molecular weight excluding hydrogens is 520 g/mol. The van der Waals surface area contributed by atoms with Gasteiger partial charge in [-0.25, -0.2) is 0 Å². The molecule has 1 saturated heterocycles. The first-order valence-electron chi connectivity index (χ1n) is 12.1. The third kappa shape index (κ3) is 6.65. The first-order chi connectivity index (χ1) is 17.8. The summed E-state index contributed by atoms with van der Waals surface area (Å²) in [5.41, 5.74) is -2.14. The third-order valence-corrected chi connectivity index (χ3v) is 6.98. The minimum absolute atomic E-state index is 0.0843. The quantitative estimate of drug-likeness (QED) is 0.483. The van der Waals surface area contributed by atoms with Gasteiger partial charge in [0.25, 0.3) is 5.91 Å². The Morgan fingerprint density at radius 2 is 1.66 bits per heavy atom. The van der Waals surface area contributed by atoms with Crippen LogP contribution >= 0.6 is 0 Å². The lowest BCUT2D eigenvalue weighted by atomic mass is 9.90. The highest BCUT2D eigenvalue weighted by molar-refractivity contribution is 5.96. The van der Waals surface area contributed by atoms with Crippen molar-refractivity contribution < 1.29 is 41.0 Å². The molecular formula is C24H27F6N5O3. The van der Waals surface area contributed by atoms with E-state index in [2.05, 4.69) is 15.7 Å². The van der Waals surface area contributed by atoms with Crippen LogP contribution in [0.15, 0.2) is 36.5 Å². The van der Waals surface area contributed by atoms with Crippen LogP contribution in [0.4, 0.5) is 26.3 Å². The lowest BCUT2D eigenvalue weighted by Gasteiger charge is -2.34. The molecule has 1 aliphatic carbocycles. The Hall–Kier alpha value is -3.13. The molecule has 1 aromatic heterocycles. The molecule has 0 radical (unpaired) electrons. The molecule has 1 aromatic carbocycles. The summed E-state index contributed by atoms with van der Waals surface area (Å²) in [5, 5.41) is 19.0. The molecule has 38 heavy (non-hydrogen) atoms. The topological polar surface area (TPSA) is 99.5 Å². The molecule has 2 atom stereocenters. The second kappa shape index (κ2) is 10.9. The fraction of sp³-hybridized carbons (Fsp3) is 0.542. The molecule has 0 unspecified atom stereocenters. The van der Waals surface area contributed by atoms with Crippen LogP contribution in [0.5, 0.6) is 0 Å².